The van der Waals surface area contributed by atoms with E-state index in [-0.39, 0.29) is 0 Å². The number of nitrogens with zero attached hydrogens (tertiary/aromatic N) is 1. The molecule has 0 aliphatic carbocycles. The highest BCUT2D eigenvalue weighted by molar-refractivity contribution is 7.11. The van der Waals surface area contributed by atoms with Crippen molar-refractivity contribution in [1.82, 2.24) is 10.4 Å². The number of hydrogen-bond acceptors (Lipinski definition) is 4. The monoisotopic (exact) mass is 255 g/mol. The zero-order chi connectivity index (χ0) is 12.4. The summed E-state index contributed by atoms with van der Waals surface area (Å²) in [6.07, 6.45) is 1.63. The minimum absolute atomic E-state index is 0.303. The molecule has 2 rings (SSSR count). The number of halogens is 2. The lowest BCUT2D eigenvalue weighted by Gasteiger charge is -2.14. The van der Waals surface area contributed by atoms with E-state index < -0.39 is 17.7 Å². The maximum atomic E-state index is 13.6. The highest BCUT2D eigenvalue weighted by Gasteiger charge is 2.19. The van der Waals surface area contributed by atoms with Gasteiger partial charge in [0.15, 0.2) is 0 Å². The normalized spacial score (nSPS) is 12.7. The van der Waals surface area contributed by atoms with E-state index >= 15 is 0 Å². The van der Waals surface area contributed by atoms with Gasteiger partial charge in [-0.05, 0) is 13.0 Å². The summed E-state index contributed by atoms with van der Waals surface area (Å²) in [5, 5.41) is 0.864. The van der Waals surface area contributed by atoms with E-state index in [2.05, 4.69) is 10.4 Å². The predicted molar refractivity (Wildman–Crippen MR) is 62.4 cm³/mol. The predicted octanol–water partition coefficient (Wildman–Crippen LogP) is 2.28. The number of aromatic nitrogens is 1. The summed E-state index contributed by atoms with van der Waals surface area (Å²) >= 11 is 1.41. The number of nitrogens with one attached hydrogen (secondary N) is 1. The van der Waals surface area contributed by atoms with Crippen LogP contribution in [0.25, 0.3) is 0 Å². The molecule has 3 N–H and O–H groups in total. The second-order valence-electron chi connectivity index (χ2n) is 3.55. The van der Waals surface area contributed by atoms with Crippen molar-refractivity contribution in [2.45, 2.75) is 13.0 Å². The van der Waals surface area contributed by atoms with Crippen LogP contribution in [0.2, 0.25) is 0 Å². The Morgan fingerprint density at radius 2 is 2.18 bits per heavy atom. The van der Waals surface area contributed by atoms with E-state index in [1.807, 2.05) is 6.92 Å². The van der Waals surface area contributed by atoms with Gasteiger partial charge in [0.1, 0.15) is 11.6 Å². The van der Waals surface area contributed by atoms with Crippen molar-refractivity contribution in [3.05, 3.63) is 51.5 Å². The van der Waals surface area contributed by atoms with Gasteiger partial charge in [-0.3, -0.25) is 5.84 Å². The number of hydrogen-bond donors (Lipinski definition) is 2. The second-order valence-corrected chi connectivity index (χ2v) is 4.81. The first-order valence-corrected chi connectivity index (χ1v) is 5.77. The zero-order valence-electron chi connectivity index (χ0n) is 9.08. The van der Waals surface area contributed by atoms with Crippen molar-refractivity contribution in [3.8, 4) is 0 Å². The summed E-state index contributed by atoms with van der Waals surface area (Å²) < 4.78 is 26.4. The van der Waals surface area contributed by atoms with Crippen LogP contribution in [0.1, 0.15) is 21.5 Å². The second kappa shape index (κ2) is 4.87. The molecule has 17 heavy (non-hydrogen) atoms. The van der Waals surface area contributed by atoms with Gasteiger partial charge in [0.2, 0.25) is 0 Å². The number of hydrazine groups is 1. The smallest absolute Gasteiger partial charge is 0.131 e. The van der Waals surface area contributed by atoms with Gasteiger partial charge < -0.3 is 0 Å². The Morgan fingerprint density at radius 1 is 1.41 bits per heavy atom. The van der Waals surface area contributed by atoms with E-state index in [9.17, 15) is 8.78 Å². The first-order valence-electron chi connectivity index (χ1n) is 4.95. The maximum Gasteiger partial charge on any atom is 0.131 e. The molecular weight excluding hydrogens is 244 g/mol. The molecule has 0 aliphatic rings. The third-order valence-corrected chi connectivity index (χ3v) is 3.34. The fourth-order valence-corrected chi connectivity index (χ4v) is 2.44. The van der Waals surface area contributed by atoms with E-state index in [0.717, 1.165) is 16.0 Å². The zero-order valence-corrected chi connectivity index (χ0v) is 9.89. The van der Waals surface area contributed by atoms with Crippen LogP contribution in [-0.2, 0) is 0 Å². The van der Waals surface area contributed by atoms with Gasteiger partial charge in [-0.1, -0.05) is 6.07 Å². The van der Waals surface area contributed by atoms with Crippen molar-refractivity contribution in [2.75, 3.05) is 0 Å². The standard InChI is InChI=1S/C11H11F2N3S/c1-6-15-5-10(17-6)11(16-14)8-3-2-7(12)4-9(8)13/h2-5,11,16H,14H2,1H3. The van der Waals surface area contributed by atoms with Crippen LogP contribution in [0.3, 0.4) is 0 Å². The first kappa shape index (κ1) is 12.1. The molecule has 1 aromatic carbocycles. The van der Waals surface area contributed by atoms with Gasteiger partial charge in [-0.15, -0.1) is 11.3 Å². The molecule has 0 aliphatic heterocycles. The van der Waals surface area contributed by atoms with Crippen LogP contribution >= 0.6 is 11.3 Å². The molecular formula is C11H11F2N3S. The molecule has 1 aromatic heterocycles. The largest absolute Gasteiger partial charge is 0.271 e. The van der Waals surface area contributed by atoms with Crippen LogP contribution in [0.4, 0.5) is 8.78 Å². The average Bonchev–Trinajstić information content (AvgIpc) is 2.69. The summed E-state index contributed by atoms with van der Waals surface area (Å²) in [5.74, 6) is 4.19. The molecule has 1 heterocycles. The van der Waals surface area contributed by atoms with Gasteiger partial charge in [0.25, 0.3) is 0 Å². The average molecular weight is 255 g/mol. The minimum atomic E-state index is -0.626. The number of thiazole rings is 1. The summed E-state index contributed by atoms with van der Waals surface area (Å²) in [6.45, 7) is 1.85. The molecule has 6 heteroatoms. The summed E-state index contributed by atoms with van der Waals surface area (Å²) in [6, 6.07) is 2.91. The molecule has 1 unspecified atom stereocenters. The first-order chi connectivity index (χ1) is 8.11. The molecule has 0 fully saturated rings. The fourth-order valence-electron chi connectivity index (χ4n) is 1.57. The molecule has 3 nitrogen and oxygen atoms in total. The topological polar surface area (TPSA) is 50.9 Å². The molecule has 0 amide bonds. The van der Waals surface area contributed by atoms with Crippen molar-refractivity contribution < 1.29 is 8.78 Å². The fraction of sp³-hybridized carbons (Fsp3) is 0.182. The Balaban J connectivity index is 2.42. The summed E-state index contributed by atoms with van der Waals surface area (Å²) in [5.41, 5.74) is 2.82. The number of nitrogens with two attached hydrogens (primary N) is 1. The van der Waals surface area contributed by atoms with E-state index in [0.29, 0.717) is 5.56 Å². The Hall–Kier alpha value is -1.37. The highest BCUT2D eigenvalue weighted by Crippen LogP contribution is 2.28. The van der Waals surface area contributed by atoms with Crippen LogP contribution in [-0.4, -0.2) is 4.98 Å². The van der Waals surface area contributed by atoms with Crippen LogP contribution in [0.5, 0.6) is 0 Å². The van der Waals surface area contributed by atoms with Crippen LogP contribution in [0, 0.1) is 18.6 Å². The quantitative estimate of drug-likeness (QED) is 0.653. The van der Waals surface area contributed by atoms with Gasteiger partial charge >= 0.3 is 0 Å². The third-order valence-electron chi connectivity index (χ3n) is 2.36. The molecule has 0 radical (unpaired) electrons. The SMILES string of the molecule is Cc1ncc(C(NN)c2ccc(F)cc2F)s1. The van der Waals surface area contributed by atoms with E-state index in [1.54, 1.807) is 6.20 Å². The molecule has 0 bridgehead atoms. The highest BCUT2D eigenvalue weighted by atomic mass is 32.1. The van der Waals surface area contributed by atoms with E-state index in [4.69, 9.17) is 5.84 Å². The molecule has 1 atom stereocenters. The molecule has 0 saturated heterocycles. The van der Waals surface area contributed by atoms with Gasteiger partial charge in [0, 0.05) is 22.7 Å². The third kappa shape index (κ3) is 2.49. The molecule has 90 valence electrons. The van der Waals surface area contributed by atoms with Crippen molar-refractivity contribution in [3.63, 3.8) is 0 Å². The molecule has 0 spiro atoms. The Kier molecular flexibility index (Phi) is 3.46. The summed E-state index contributed by atoms with van der Waals surface area (Å²) in [4.78, 5) is 4.87. The lowest BCUT2D eigenvalue weighted by Crippen LogP contribution is -2.29. The minimum Gasteiger partial charge on any atom is -0.271 e. The maximum absolute atomic E-state index is 13.6. The van der Waals surface area contributed by atoms with Crippen LogP contribution < -0.4 is 11.3 Å². The van der Waals surface area contributed by atoms with E-state index in [1.165, 1.54) is 23.5 Å². The number of aryl methyl sites for hydroxylation is 1. The number of rotatable bonds is 3. The Bertz CT molecular complexity index is 527. The lowest BCUT2D eigenvalue weighted by atomic mass is 10.1. The lowest BCUT2D eigenvalue weighted by molar-refractivity contribution is 0.544. The van der Waals surface area contributed by atoms with Gasteiger partial charge in [-0.25, -0.2) is 19.2 Å². The summed E-state index contributed by atoms with van der Waals surface area (Å²) in [7, 11) is 0. The number of benzene rings is 1. The van der Waals surface area contributed by atoms with Gasteiger partial charge in [-0.2, -0.15) is 0 Å². The van der Waals surface area contributed by atoms with Crippen molar-refractivity contribution in [1.29, 1.82) is 0 Å². The van der Waals surface area contributed by atoms with Gasteiger partial charge in [0.05, 0.1) is 11.0 Å². The Labute approximate surface area is 101 Å². The Morgan fingerprint density at radius 3 is 2.71 bits per heavy atom. The van der Waals surface area contributed by atoms with Crippen molar-refractivity contribution >= 4 is 11.3 Å². The van der Waals surface area contributed by atoms with Crippen molar-refractivity contribution in [2.24, 2.45) is 5.84 Å². The van der Waals surface area contributed by atoms with Crippen LogP contribution in [0.15, 0.2) is 24.4 Å². The molecule has 0 saturated carbocycles. The molecule has 2 aromatic rings.